The molecule has 32 heavy (non-hydrogen) atoms. The molecular formula is C25H32N4O3. The zero-order valence-corrected chi connectivity index (χ0v) is 18.6. The summed E-state index contributed by atoms with van der Waals surface area (Å²) in [6, 6.07) is 6.12. The van der Waals surface area contributed by atoms with Gasteiger partial charge in [0.05, 0.1) is 6.20 Å². The molecule has 5 rings (SSSR count). The smallest absolute Gasteiger partial charge is 0.222 e. The van der Waals surface area contributed by atoms with Gasteiger partial charge in [0.15, 0.2) is 6.29 Å². The molecule has 0 N–H and O–H groups in total. The van der Waals surface area contributed by atoms with Crippen molar-refractivity contribution in [2.75, 3.05) is 37.7 Å². The molecule has 7 heteroatoms. The van der Waals surface area contributed by atoms with Crippen LogP contribution >= 0.6 is 0 Å². The van der Waals surface area contributed by atoms with Crippen LogP contribution in [-0.4, -0.2) is 59.7 Å². The van der Waals surface area contributed by atoms with Crippen molar-refractivity contribution in [3.63, 3.8) is 0 Å². The van der Waals surface area contributed by atoms with Crippen molar-refractivity contribution in [3.8, 4) is 11.1 Å². The van der Waals surface area contributed by atoms with Crippen LogP contribution in [0, 0.1) is 5.92 Å². The number of piperidine rings is 1. The lowest BCUT2D eigenvalue weighted by molar-refractivity contribution is -0.128. The van der Waals surface area contributed by atoms with Crippen molar-refractivity contribution in [3.05, 3.63) is 36.2 Å². The number of hydrogen-bond donors (Lipinski definition) is 0. The summed E-state index contributed by atoms with van der Waals surface area (Å²) in [5, 5.41) is 4.50. The zero-order chi connectivity index (χ0) is 21.9. The van der Waals surface area contributed by atoms with E-state index in [0.29, 0.717) is 18.2 Å². The van der Waals surface area contributed by atoms with Crippen LogP contribution in [0.2, 0.25) is 0 Å². The highest BCUT2D eigenvalue weighted by molar-refractivity contribution is 5.87. The first-order valence-electron chi connectivity index (χ1n) is 12.0. The van der Waals surface area contributed by atoms with Crippen molar-refractivity contribution >= 4 is 17.9 Å². The number of rotatable bonds is 6. The van der Waals surface area contributed by atoms with E-state index in [9.17, 15) is 9.59 Å². The number of ether oxygens (including phenoxy) is 1. The Morgan fingerprint density at radius 2 is 1.94 bits per heavy atom. The van der Waals surface area contributed by atoms with Crippen LogP contribution in [0.5, 0.6) is 0 Å². The van der Waals surface area contributed by atoms with Gasteiger partial charge in [-0.25, -0.2) is 4.68 Å². The largest absolute Gasteiger partial charge is 0.371 e. The summed E-state index contributed by atoms with van der Waals surface area (Å²) in [6.45, 7) is 4.43. The summed E-state index contributed by atoms with van der Waals surface area (Å²) < 4.78 is 7.73. The average Bonchev–Trinajstić information content (AvgIpc) is 3.49. The van der Waals surface area contributed by atoms with Crippen LogP contribution in [0.1, 0.15) is 61.5 Å². The minimum Gasteiger partial charge on any atom is -0.371 e. The van der Waals surface area contributed by atoms with Gasteiger partial charge in [-0.2, -0.15) is 5.10 Å². The molecule has 1 aromatic heterocycles. The number of aromatic nitrogens is 2. The Morgan fingerprint density at radius 1 is 1.06 bits per heavy atom. The van der Waals surface area contributed by atoms with Crippen LogP contribution in [-0.2, 0) is 9.53 Å². The van der Waals surface area contributed by atoms with Crippen molar-refractivity contribution in [1.29, 1.82) is 0 Å². The van der Waals surface area contributed by atoms with Crippen molar-refractivity contribution in [2.45, 2.75) is 51.2 Å². The molecule has 1 amide bonds. The Hall–Kier alpha value is -2.67. The van der Waals surface area contributed by atoms with Gasteiger partial charge in [0, 0.05) is 62.2 Å². The highest BCUT2D eigenvalue weighted by Gasteiger charge is 2.27. The number of carbonyl (C=O) groups is 2. The minimum atomic E-state index is 0.0134. The maximum Gasteiger partial charge on any atom is 0.222 e. The number of aldehydes is 1. The molecule has 3 aliphatic rings. The lowest BCUT2D eigenvalue weighted by Crippen LogP contribution is -2.39. The van der Waals surface area contributed by atoms with Crippen LogP contribution in [0.3, 0.4) is 0 Å². The van der Waals surface area contributed by atoms with Crippen molar-refractivity contribution < 1.29 is 14.3 Å². The molecule has 3 aliphatic heterocycles. The molecule has 3 saturated heterocycles. The van der Waals surface area contributed by atoms with Gasteiger partial charge < -0.3 is 14.5 Å². The number of likely N-dealkylation sites (tertiary alicyclic amines) is 1. The maximum atomic E-state index is 11.9. The third-order valence-electron chi connectivity index (χ3n) is 7.15. The highest BCUT2D eigenvalue weighted by Crippen LogP contribution is 2.31. The molecule has 7 nitrogen and oxygen atoms in total. The molecule has 0 saturated carbocycles. The van der Waals surface area contributed by atoms with Gasteiger partial charge in [-0.15, -0.1) is 0 Å². The topological polar surface area (TPSA) is 67.7 Å². The Labute approximate surface area is 189 Å². The third kappa shape index (κ3) is 4.44. The first-order valence-corrected chi connectivity index (χ1v) is 12.0. The first-order chi connectivity index (χ1) is 15.7. The molecule has 4 heterocycles. The second-order valence-electron chi connectivity index (χ2n) is 9.30. The summed E-state index contributed by atoms with van der Waals surface area (Å²) >= 11 is 0. The number of carbonyl (C=O) groups excluding carboxylic acids is 2. The summed E-state index contributed by atoms with van der Waals surface area (Å²) in [5.41, 5.74) is 3.72. The van der Waals surface area contributed by atoms with Crippen LogP contribution in [0.4, 0.5) is 5.69 Å². The van der Waals surface area contributed by atoms with Gasteiger partial charge in [-0.1, -0.05) is 6.07 Å². The molecule has 1 aromatic carbocycles. The Morgan fingerprint density at radius 3 is 2.66 bits per heavy atom. The number of benzene rings is 1. The number of nitrogens with zero attached hydrogens (tertiary/aromatic N) is 4. The van der Waals surface area contributed by atoms with Gasteiger partial charge >= 0.3 is 0 Å². The second-order valence-corrected chi connectivity index (χ2v) is 9.30. The normalized spacial score (nSPS) is 22.5. The molecule has 0 aliphatic carbocycles. The van der Waals surface area contributed by atoms with Gasteiger partial charge in [0.25, 0.3) is 0 Å². The van der Waals surface area contributed by atoms with Gasteiger partial charge in [0.2, 0.25) is 5.91 Å². The third-order valence-corrected chi connectivity index (χ3v) is 7.15. The van der Waals surface area contributed by atoms with Crippen molar-refractivity contribution in [1.82, 2.24) is 14.7 Å². The molecular weight excluding hydrogens is 404 g/mol. The highest BCUT2D eigenvalue weighted by atomic mass is 16.5. The molecule has 2 aromatic rings. The fourth-order valence-corrected chi connectivity index (χ4v) is 5.26. The molecule has 1 atom stereocenters. The summed E-state index contributed by atoms with van der Waals surface area (Å²) in [7, 11) is 0. The van der Waals surface area contributed by atoms with Gasteiger partial charge in [-0.3, -0.25) is 9.59 Å². The summed E-state index contributed by atoms with van der Waals surface area (Å²) in [4.78, 5) is 28.2. The van der Waals surface area contributed by atoms with Gasteiger partial charge in [0.1, 0.15) is 6.23 Å². The molecule has 0 radical (unpaired) electrons. The van der Waals surface area contributed by atoms with E-state index >= 15 is 0 Å². The lowest BCUT2D eigenvalue weighted by atomic mass is 9.95. The molecule has 0 bridgehead atoms. The monoisotopic (exact) mass is 436 g/mol. The van der Waals surface area contributed by atoms with Crippen LogP contribution in [0.15, 0.2) is 30.6 Å². The van der Waals surface area contributed by atoms with E-state index in [1.807, 2.05) is 28.0 Å². The standard InChI is InChI=1S/C25H32N4O3/c30-18-21-14-20(22-15-26-29(17-22)25-5-1-2-13-32-25)6-7-23(21)27-11-8-19(9-12-27)16-28-10-3-4-24(28)31/h6-7,14-15,17-19,25H,1-5,8-13,16H2. The Kier molecular flexibility index (Phi) is 6.26. The molecule has 3 fully saturated rings. The molecule has 0 spiro atoms. The minimum absolute atomic E-state index is 0.0134. The summed E-state index contributed by atoms with van der Waals surface area (Å²) in [6.07, 6.45) is 11.9. The number of amides is 1. The van der Waals surface area contributed by atoms with Crippen LogP contribution < -0.4 is 4.90 Å². The van der Waals surface area contributed by atoms with E-state index in [4.69, 9.17) is 4.74 Å². The Balaban J connectivity index is 1.25. The quantitative estimate of drug-likeness (QED) is 0.643. The number of anilines is 1. The Bertz CT molecular complexity index is 958. The van der Waals surface area contributed by atoms with E-state index < -0.39 is 0 Å². The lowest BCUT2D eigenvalue weighted by Gasteiger charge is -2.35. The predicted octanol–water partition coefficient (Wildman–Crippen LogP) is 3.90. The first kappa shape index (κ1) is 21.2. The SMILES string of the molecule is O=Cc1cc(-c2cnn(C3CCCCO3)c2)ccc1N1CCC(CN2CCCC2=O)CC1. The fraction of sp³-hybridized carbons (Fsp3) is 0.560. The van der Waals surface area contributed by atoms with E-state index in [1.165, 1.54) is 0 Å². The summed E-state index contributed by atoms with van der Waals surface area (Å²) in [5.74, 6) is 0.865. The van der Waals surface area contributed by atoms with Crippen molar-refractivity contribution in [2.24, 2.45) is 5.92 Å². The maximum absolute atomic E-state index is 11.9. The fourth-order valence-electron chi connectivity index (χ4n) is 5.26. The van der Waals surface area contributed by atoms with E-state index in [2.05, 4.69) is 22.1 Å². The molecule has 170 valence electrons. The van der Waals surface area contributed by atoms with Gasteiger partial charge in [-0.05, 0) is 62.1 Å². The second kappa shape index (κ2) is 9.45. The van der Waals surface area contributed by atoms with E-state index in [-0.39, 0.29) is 6.23 Å². The van der Waals surface area contributed by atoms with E-state index in [1.54, 1.807) is 0 Å². The van der Waals surface area contributed by atoms with Crippen LogP contribution in [0.25, 0.3) is 11.1 Å². The zero-order valence-electron chi connectivity index (χ0n) is 18.6. The molecule has 1 unspecified atom stereocenters. The number of hydrogen-bond acceptors (Lipinski definition) is 5. The average molecular weight is 437 g/mol. The van der Waals surface area contributed by atoms with E-state index in [0.717, 1.165) is 100.0 Å². The predicted molar refractivity (Wildman–Crippen MR) is 123 cm³/mol.